The van der Waals surface area contributed by atoms with Crippen LogP contribution in [0.4, 0.5) is 5.82 Å². The monoisotopic (exact) mass is 233 g/mol. The maximum atomic E-state index is 6.12. The zero-order chi connectivity index (χ0) is 12.6. The molecular weight excluding hydrogens is 214 g/mol. The third-order valence-electron chi connectivity index (χ3n) is 2.85. The van der Waals surface area contributed by atoms with Crippen molar-refractivity contribution in [3.63, 3.8) is 0 Å². The number of nitrogens with two attached hydrogens (primary N) is 1. The largest absolute Gasteiger partial charge is 0.383 e. The van der Waals surface area contributed by atoms with Crippen LogP contribution in [0, 0.1) is 0 Å². The van der Waals surface area contributed by atoms with Crippen molar-refractivity contribution in [2.75, 3.05) is 5.73 Å². The molecule has 2 heterocycles. The first-order valence-corrected chi connectivity index (χ1v) is 5.86. The normalized spacial score (nSPS) is 11.6. The molecule has 17 heavy (non-hydrogen) atoms. The Morgan fingerprint density at radius 3 is 2.24 bits per heavy atom. The molecule has 0 aliphatic carbocycles. The minimum Gasteiger partial charge on any atom is -0.383 e. The highest BCUT2D eigenvalue weighted by atomic mass is 15.2. The van der Waals surface area contributed by atoms with Crippen LogP contribution >= 0.6 is 0 Å². The van der Waals surface area contributed by atoms with Gasteiger partial charge in [-0.15, -0.1) is 0 Å². The van der Waals surface area contributed by atoms with E-state index in [0.717, 1.165) is 11.4 Å². The summed E-state index contributed by atoms with van der Waals surface area (Å²) in [4.78, 5) is 8.57. The number of nitrogens with zero attached hydrogens (tertiary/aromatic N) is 4. The van der Waals surface area contributed by atoms with Crippen LogP contribution < -0.4 is 5.73 Å². The van der Waals surface area contributed by atoms with Gasteiger partial charge in [-0.1, -0.05) is 0 Å². The number of rotatable bonds is 3. The molecule has 0 unspecified atom stereocenters. The third-order valence-corrected chi connectivity index (χ3v) is 2.85. The van der Waals surface area contributed by atoms with Gasteiger partial charge < -0.3 is 14.9 Å². The standard InChI is InChI=1S/C12H19N5/c1-8(2)16-6-14-5-10(16)11-12(13)17(7-15-11)9(3)4/h5-9H,13H2,1-4H3. The maximum absolute atomic E-state index is 6.12. The zero-order valence-corrected chi connectivity index (χ0v) is 10.8. The molecule has 0 spiro atoms. The van der Waals surface area contributed by atoms with Crippen molar-refractivity contribution in [3.05, 3.63) is 18.9 Å². The third kappa shape index (κ3) is 1.92. The molecule has 2 aromatic heterocycles. The van der Waals surface area contributed by atoms with Crippen molar-refractivity contribution in [2.24, 2.45) is 0 Å². The lowest BCUT2D eigenvalue weighted by Gasteiger charge is -2.12. The highest BCUT2D eigenvalue weighted by molar-refractivity contribution is 5.67. The maximum Gasteiger partial charge on any atom is 0.133 e. The molecule has 2 N–H and O–H groups in total. The lowest BCUT2D eigenvalue weighted by Crippen LogP contribution is -2.06. The summed E-state index contributed by atoms with van der Waals surface area (Å²) < 4.78 is 4.04. The van der Waals surface area contributed by atoms with Crippen LogP contribution in [-0.4, -0.2) is 19.1 Å². The summed E-state index contributed by atoms with van der Waals surface area (Å²) in [6, 6.07) is 0.655. The molecule has 0 radical (unpaired) electrons. The average Bonchev–Trinajstić information content (AvgIpc) is 2.82. The number of anilines is 1. The molecule has 5 nitrogen and oxygen atoms in total. The molecule has 0 atom stereocenters. The molecular formula is C12H19N5. The van der Waals surface area contributed by atoms with Gasteiger partial charge in [0.25, 0.3) is 0 Å². The number of hydrogen-bond acceptors (Lipinski definition) is 3. The number of imidazole rings is 2. The van der Waals surface area contributed by atoms with E-state index in [4.69, 9.17) is 5.73 Å². The molecule has 2 rings (SSSR count). The lowest BCUT2D eigenvalue weighted by atomic mass is 10.3. The SMILES string of the molecule is CC(C)n1cncc1-c1ncn(C(C)C)c1N. The van der Waals surface area contributed by atoms with Crippen LogP contribution in [0.1, 0.15) is 39.8 Å². The molecule has 0 amide bonds. The molecule has 2 aromatic rings. The summed E-state index contributed by atoms with van der Waals surface area (Å²) in [6.45, 7) is 8.39. The second-order valence-electron chi connectivity index (χ2n) is 4.76. The van der Waals surface area contributed by atoms with Gasteiger partial charge in [-0.05, 0) is 27.7 Å². The Morgan fingerprint density at radius 1 is 1.06 bits per heavy atom. The Balaban J connectivity index is 2.50. The van der Waals surface area contributed by atoms with E-state index < -0.39 is 0 Å². The van der Waals surface area contributed by atoms with Gasteiger partial charge in [0.15, 0.2) is 0 Å². The Kier molecular flexibility index (Phi) is 2.92. The second kappa shape index (κ2) is 4.24. The van der Waals surface area contributed by atoms with E-state index in [2.05, 4.69) is 42.2 Å². The van der Waals surface area contributed by atoms with E-state index >= 15 is 0 Å². The minimum absolute atomic E-state index is 0.312. The fourth-order valence-electron chi connectivity index (χ4n) is 1.88. The van der Waals surface area contributed by atoms with Crippen LogP contribution in [0.5, 0.6) is 0 Å². The van der Waals surface area contributed by atoms with Crippen LogP contribution in [0.15, 0.2) is 18.9 Å². The highest BCUT2D eigenvalue weighted by Gasteiger charge is 2.16. The van der Waals surface area contributed by atoms with Crippen molar-refractivity contribution >= 4 is 5.82 Å². The first-order valence-electron chi connectivity index (χ1n) is 5.86. The zero-order valence-electron chi connectivity index (χ0n) is 10.8. The molecule has 0 fully saturated rings. The van der Waals surface area contributed by atoms with Gasteiger partial charge in [0.05, 0.1) is 24.5 Å². The van der Waals surface area contributed by atoms with E-state index in [1.807, 2.05) is 17.1 Å². The summed E-state index contributed by atoms with van der Waals surface area (Å²) in [7, 11) is 0. The van der Waals surface area contributed by atoms with Crippen molar-refractivity contribution in [1.82, 2.24) is 19.1 Å². The summed E-state index contributed by atoms with van der Waals surface area (Å²) >= 11 is 0. The predicted octanol–water partition coefficient (Wildman–Crippen LogP) is 2.49. The number of aromatic nitrogens is 4. The first kappa shape index (κ1) is 11.7. The fraction of sp³-hybridized carbons (Fsp3) is 0.500. The molecule has 0 aliphatic heterocycles. The van der Waals surface area contributed by atoms with Gasteiger partial charge in [-0.2, -0.15) is 0 Å². The van der Waals surface area contributed by atoms with Crippen LogP contribution in [-0.2, 0) is 0 Å². The quantitative estimate of drug-likeness (QED) is 0.886. The van der Waals surface area contributed by atoms with Crippen LogP contribution in [0.2, 0.25) is 0 Å². The Hall–Kier alpha value is -1.78. The Bertz CT molecular complexity index is 507. The molecule has 0 saturated heterocycles. The van der Waals surface area contributed by atoms with Crippen molar-refractivity contribution in [2.45, 2.75) is 39.8 Å². The smallest absolute Gasteiger partial charge is 0.133 e. The van der Waals surface area contributed by atoms with Gasteiger partial charge >= 0.3 is 0 Å². The lowest BCUT2D eigenvalue weighted by molar-refractivity contribution is 0.603. The van der Waals surface area contributed by atoms with Crippen LogP contribution in [0.25, 0.3) is 11.4 Å². The minimum atomic E-state index is 0.312. The van der Waals surface area contributed by atoms with Gasteiger partial charge in [0, 0.05) is 12.1 Å². The summed E-state index contributed by atoms with van der Waals surface area (Å²) in [6.07, 6.45) is 5.41. The highest BCUT2D eigenvalue weighted by Crippen LogP contribution is 2.27. The predicted molar refractivity (Wildman–Crippen MR) is 68.6 cm³/mol. The van der Waals surface area contributed by atoms with E-state index in [1.165, 1.54) is 0 Å². The van der Waals surface area contributed by atoms with Crippen molar-refractivity contribution in [3.8, 4) is 11.4 Å². The van der Waals surface area contributed by atoms with Crippen molar-refractivity contribution < 1.29 is 0 Å². The molecule has 92 valence electrons. The fourth-order valence-corrected chi connectivity index (χ4v) is 1.88. The van der Waals surface area contributed by atoms with Gasteiger partial charge in [0.1, 0.15) is 11.5 Å². The number of hydrogen-bond donors (Lipinski definition) is 1. The van der Waals surface area contributed by atoms with Gasteiger partial charge in [-0.3, -0.25) is 0 Å². The second-order valence-corrected chi connectivity index (χ2v) is 4.76. The summed E-state index contributed by atoms with van der Waals surface area (Å²) in [5.41, 5.74) is 7.90. The summed E-state index contributed by atoms with van der Waals surface area (Å²) in [5.74, 6) is 0.697. The Morgan fingerprint density at radius 2 is 1.71 bits per heavy atom. The summed E-state index contributed by atoms with van der Waals surface area (Å²) in [5, 5.41) is 0. The van der Waals surface area contributed by atoms with E-state index in [9.17, 15) is 0 Å². The molecule has 5 heteroatoms. The molecule has 0 aromatic carbocycles. The first-order chi connectivity index (χ1) is 8.02. The van der Waals surface area contributed by atoms with E-state index in [-0.39, 0.29) is 0 Å². The molecule has 0 aliphatic rings. The molecule has 0 saturated carbocycles. The Labute approximate surface area is 101 Å². The van der Waals surface area contributed by atoms with Crippen molar-refractivity contribution in [1.29, 1.82) is 0 Å². The van der Waals surface area contributed by atoms with E-state index in [1.54, 1.807) is 6.33 Å². The number of nitrogen functional groups attached to an aromatic ring is 1. The molecule has 0 bridgehead atoms. The van der Waals surface area contributed by atoms with Gasteiger partial charge in [0.2, 0.25) is 0 Å². The van der Waals surface area contributed by atoms with Gasteiger partial charge in [-0.25, -0.2) is 9.97 Å². The van der Waals surface area contributed by atoms with Crippen LogP contribution in [0.3, 0.4) is 0 Å². The van der Waals surface area contributed by atoms with E-state index in [0.29, 0.717) is 17.9 Å². The average molecular weight is 233 g/mol. The topological polar surface area (TPSA) is 61.7 Å².